The highest BCUT2D eigenvalue weighted by molar-refractivity contribution is 6.10. The number of amides is 1. The molecule has 3 heteroatoms. The molecule has 3 aromatic rings. The first-order chi connectivity index (χ1) is 10.2. The zero-order valence-corrected chi connectivity index (χ0v) is 11.7. The molecule has 0 radical (unpaired) electrons. The molecule has 0 bridgehead atoms. The number of hydrogen-bond donors (Lipinski definition) is 0. The summed E-state index contributed by atoms with van der Waals surface area (Å²) < 4.78 is 0. The highest BCUT2D eigenvalue weighted by atomic mass is 16.2. The molecule has 0 unspecified atom stereocenters. The average molecular weight is 274 g/mol. The van der Waals surface area contributed by atoms with Gasteiger partial charge in [0.2, 0.25) is 0 Å². The fraction of sp³-hybridized carbons (Fsp3) is 0.111. The van der Waals surface area contributed by atoms with Crippen molar-refractivity contribution in [1.29, 1.82) is 0 Å². The summed E-state index contributed by atoms with van der Waals surface area (Å²) in [6, 6.07) is 16.0. The van der Waals surface area contributed by atoms with E-state index in [1.54, 1.807) is 6.20 Å². The Morgan fingerprint density at radius 1 is 1.10 bits per heavy atom. The quantitative estimate of drug-likeness (QED) is 0.678. The Morgan fingerprint density at radius 3 is 2.90 bits per heavy atom. The van der Waals surface area contributed by atoms with E-state index in [9.17, 15) is 4.79 Å². The van der Waals surface area contributed by atoms with Crippen molar-refractivity contribution in [2.75, 3.05) is 4.90 Å². The summed E-state index contributed by atoms with van der Waals surface area (Å²) in [5.74, 6) is 0.0805. The first kappa shape index (κ1) is 12.1. The predicted octanol–water partition coefficient (Wildman–Crippen LogP) is 3.70. The number of nitrogens with zero attached hydrogens (tertiary/aromatic N) is 2. The molecule has 1 aliphatic heterocycles. The summed E-state index contributed by atoms with van der Waals surface area (Å²) in [7, 11) is 0. The van der Waals surface area contributed by atoms with Crippen molar-refractivity contribution in [1.82, 2.24) is 4.98 Å². The summed E-state index contributed by atoms with van der Waals surface area (Å²) in [6.07, 6.45) is 1.78. The molecule has 1 amide bonds. The van der Waals surface area contributed by atoms with E-state index in [1.807, 2.05) is 54.3 Å². The fourth-order valence-electron chi connectivity index (χ4n) is 2.85. The zero-order chi connectivity index (χ0) is 14.4. The van der Waals surface area contributed by atoms with Gasteiger partial charge >= 0.3 is 0 Å². The highest BCUT2D eigenvalue weighted by Gasteiger charge is 2.28. The lowest BCUT2D eigenvalue weighted by Gasteiger charge is -2.16. The second kappa shape index (κ2) is 4.42. The molecule has 21 heavy (non-hydrogen) atoms. The maximum Gasteiger partial charge on any atom is 0.258 e. The second-order valence-electron chi connectivity index (χ2n) is 5.43. The van der Waals surface area contributed by atoms with E-state index in [4.69, 9.17) is 0 Å². The molecule has 0 aliphatic carbocycles. The predicted molar refractivity (Wildman–Crippen MR) is 83.4 cm³/mol. The van der Waals surface area contributed by atoms with E-state index in [-0.39, 0.29) is 5.91 Å². The topological polar surface area (TPSA) is 33.2 Å². The van der Waals surface area contributed by atoms with Crippen LogP contribution in [0.4, 0.5) is 5.69 Å². The van der Waals surface area contributed by atoms with Gasteiger partial charge in [0.1, 0.15) is 0 Å². The SMILES string of the molecule is Cc1ccc2c(c1)C(=O)N(c1ccc3ncccc3c1)C2. The fourth-order valence-corrected chi connectivity index (χ4v) is 2.85. The van der Waals surface area contributed by atoms with Gasteiger partial charge in [-0.2, -0.15) is 0 Å². The molecule has 0 N–H and O–H groups in total. The third-order valence-electron chi connectivity index (χ3n) is 3.97. The first-order valence-electron chi connectivity index (χ1n) is 6.98. The Bertz CT molecular complexity index is 870. The van der Waals surface area contributed by atoms with E-state index in [0.717, 1.165) is 33.3 Å². The molecule has 0 fully saturated rings. The highest BCUT2D eigenvalue weighted by Crippen LogP contribution is 2.30. The molecule has 1 aliphatic rings. The van der Waals surface area contributed by atoms with Gasteiger partial charge in [0.25, 0.3) is 5.91 Å². The molecular formula is C18H14N2O. The molecule has 2 aromatic carbocycles. The molecule has 0 saturated carbocycles. The van der Waals surface area contributed by atoms with Crippen molar-refractivity contribution in [2.45, 2.75) is 13.5 Å². The summed E-state index contributed by atoms with van der Waals surface area (Å²) in [5, 5.41) is 1.05. The number of carbonyl (C=O) groups excluding carboxylic acids is 1. The summed E-state index contributed by atoms with van der Waals surface area (Å²) in [5.41, 5.74) is 4.90. The number of anilines is 1. The van der Waals surface area contributed by atoms with Crippen LogP contribution in [0.5, 0.6) is 0 Å². The van der Waals surface area contributed by atoms with Crippen LogP contribution in [0.2, 0.25) is 0 Å². The van der Waals surface area contributed by atoms with Crippen LogP contribution in [0.3, 0.4) is 0 Å². The van der Waals surface area contributed by atoms with Gasteiger partial charge in [-0.3, -0.25) is 9.78 Å². The lowest BCUT2D eigenvalue weighted by molar-refractivity contribution is 0.0996. The minimum absolute atomic E-state index is 0.0805. The van der Waals surface area contributed by atoms with E-state index >= 15 is 0 Å². The molecule has 1 aromatic heterocycles. The minimum atomic E-state index is 0.0805. The molecule has 0 spiro atoms. The van der Waals surface area contributed by atoms with Gasteiger partial charge in [-0.05, 0) is 42.8 Å². The lowest BCUT2D eigenvalue weighted by Crippen LogP contribution is -2.22. The maximum atomic E-state index is 12.6. The van der Waals surface area contributed by atoms with E-state index < -0.39 is 0 Å². The van der Waals surface area contributed by atoms with Crippen molar-refractivity contribution in [2.24, 2.45) is 0 Å². The Morgan fingerprint density at radius 2 is 2.00 bits per heavy atom. The van der Waals surface area contributed by atoms with Crippen LogP contribution in [0.1, 0.15) is 21.5 Å². The van der Waals surface area contributed by atoms with Gasteiger partial charge in [-0.15, -0.1) is 0 Å². The van der Waals surface area contributed by atoms with Crippen molar-refractivity contribution in [3.05, 3.63) is 71.4 Å². The smallest absolute Gasteiger partial charge is 0.258 e. The standard InChI is InChI=1S/C18H14N2O/c1-12-4-5-14-11-20(18(21)16(14)9-12)15-6-7-17-13(10-15)3-2-8-19-17/h2-10H,11H2,1H3. The third-order valence-corrected chi connectivity index (χ3v) is 3.97. The molecule has 0 saturated heterocycles. The van der Waals surface area contributed by atoms with Crippen molar-refractivity contribution < 1.29 is 4.79 Å². The largest absolute Gasteiger partial charge is 0.304 e. The van der Waals surface area contributed by atoms with Crippen LogP contribution in [-0.4, -0.2) is 10.9 Å². The summed E-state index contributed by atoms with van der Waals surface area (Å²) in [6.45, 7) is 2.65. The van der Waals surface area contributed by atoms with Crippen LogP contribution in [0.15, 0.2) is 54.7 Å². The zero-order valence-electron chi connectivity index (χ0n) is 11.7. The van der Waals surface area contributed by atoms with Crippen LogP contribution >= 0.6 is 0 Å². The maximum absolute atomic E-state index is 12.6. The molecule has 0 atom stereocenters. The van der Waals surface area contributed by atoms with Crippen molar-refractivity contribution in [3.63, 3.8) is 0 Å². The molecule has 102 valence electrons. The minimum Gasteiger partial charge on any atom is -0.304 e. The summed E-state index contributed by atoms with van der Waals surface area (Å²) in [4.78, 5) is 18.7. The van der Waals surface area contributed by atoms with Gasteiger partial charge in [0.15, 0.2) is 0 Å². The van der Waals surface area contributed by atoms with Gasteiger partial charge < -0.3 is 4.90 Å². The number of carbonyl (C=O) groups is 1. The average Bonchev–Trinajstić information content (AvgIpc) is 2.84. The van der Waals surface area contributed by atoms with Crippen LogP contribution in [0, 0.1) is 6.92 Å². The van der Waals surface area contributed by atoms with E-state index in [2.05, 4.69) is 11.1 Å². The monoisotopic (exact) mass is 274 g/mol. The number of hydrogen-bond acceptors (Lipinski definition) is 2. The number of rotatable bonds is 1. The van der Waals surface area contributed by atoms with Crippen LogP contribution in [0.25, 0.3) is 10.9 Å². The number of fused-ring (bicyclic) bond motifs is 2. The van der Waals surface area contributed by atoms with Gasteiger partial charge in [0, 0.05) is 22.8 Å². The number of benzene rings is 2. The Labute approximate surface area is 122 Å². The van der Waals surface area contributed by atoms with E-state index in [1.165, 1.54) is 0 Å². The molecular weight excluding hydrogens is 260 g/mol. The number of aryl methyl sites for hydroxylation is 1. The molecule has 3 nitrogen and oxygen atoms in total. The Hall–Kier alpha value is -2.68. The van der Waals surface area contributed by atoms with Crippen molar-refractivity contribution in [3.8, 4) is 0 Å². The van der Waals surface area contributed by atoms with Crippen molar-refractivity contribution >= 4 is 22.5 Å². The van der Waals surface area contributed by atoms with Gasteiger partial charge in [-0.1, -0.05) is 23.8 Å². The van der Waals surface area contributed by atoms with E-state index in [0.29, 0.717) is 6.54 Å². The third kappa shape index (κ3) is 1.89. The normalized spacial score (nSPS) is 13.8. The Kier molecular flexibility index (Phi) is 2.54. The van der Waals surface area contributed by atoms with Gasteiger partial charge in [-0.25, -0.2) is 0 Å². The number of aromatic nitrogens is 1. The lowest BCUT2D eigenvalue weighted by atomic mass is 10.1. The number of pyridine rings is 1. The first-order valence-corrected chi connectivity index (χ1v) is 6.98. The second-order valence-corrected chi connectivity index (χ2v) is 5.43. The van der Waals surface area contributed by atoms with Crippen LogP contribution in [-0.2, 0) is 6.54 Å². The van der Waals surface area contributed by atoms with Crippen LogP contribution < -0.4 is 4.90 Å². The summed E-state index contributed by atoms with van der Waals surface area (Å²) >= 11 is 0. The van der Waals surface area contributed by atoms with Gasteiger partial charge in [0.05, 0.1) is 12.1 Å². The molecule has 4 rings (SSSR count). The molecule has 2 heterocycles. The Balaban J connectivity index is 1.78.